The largest absolute Gasteiger partial charge is 0.366 e. The number of carbonyl (C=O) groups excluding carboxylic acids is 2. The maximum Gasteiger partial charge on any atom is 0.250 e. The van der Waals surface area contributed by atoms with E-state index in [1.54, 1.807) is 12.1 Å². The van der Waals surface area contributed by atoms with Gasteiger partial charge in [0.15, 0.2) is 0 Å². The van der Waals surface area contributed by atoms with Crippen molar-refractivity contribution in [3.05, 3.63) is 28.8 Å². The topological polar surface area (TPSA) is 84.2 Å². The Morgan fingerprint density at radius 1 is 1.35 bits per heavy atom. The Bertz CT molecular complexity index is 513. The number of primary amides is 1. The van der Waals surface area contributed by atoms with Crippen LogP contribution in [0.4, 0.5) is 5.69 Å². The summed E-state index contributed by atoms with van der Waals surface area (Å²) in [4.78, 5) is 23.0. The third-order valence-corrected chi connectivity index (χ3v) is 3.76. The molecule has 1 aromatic rings. The van der Waals surface area contributed by atoms with Crippen molar-refractivity contribution in [2.24, 2.45) is 11.7 Å². The van der Waals surface area contributed by atoms with Crippen molar-refractivity contribution in [1.82, 2.24) is 5.32 Å². The Morgan fingerprint density at radius 2 is 2.05 bits per heavy atom. The fourth-order valence-corrected chi connectivity index (χ4v) is 2.63. The first-order valence-electron chi connectivity index (χ1n) is 6.66. The Hall–Kier alpha value is -1.59. The number of benzene rings is 1. The predicted octanol–water partition coefficient (Wildman–Crippen LogP) is 1.77. The molecule has 0 unspecified atom stereocenters. The molecule has 20 heavy (non-hydrogen) atoms. The molecule has 0 bridgehead atoms. The van der Waals surface area contributed by atoms with Gasteiger partial charge in [-0.05, 0) is 50.0 Å². The fourth-order valence-electron chi connectivity index (χ4n) is 2.35. The van der Waals surface area contributed by atoms with Crippen LogP contribution in [0.15, 0.2) is 18.2 Å². The molecule has 0 radical (unpaired) electrons. The van der Waals surface area contributed by atoms with Crippen LogP contribution in [-0.2, 0) is 4.79 Å². The Labute approximate surface area is 122 Å². The van der Waals surface area contributed by atoms with Crippen LogP contribution in [0.1, 0.15) is 29.6 Å². The van der Waals surface area contributed by atoms with E-state index in [4.69, 9.17) is 17.3 Å². The van der Waals surface area contributed by atoms with E-state index in [1.807, 2.05) is 0 Å². The molecule has 0 aliphatic carbocycles. The number of anilines is 1. The molecule has 1 heterocycles. The molecule has 1 aromatic carbocycles. The standard InChI is InChI=1S/C14H18ClN3O2/c15-12-8-10(1-2-11(12)14(16)20)18-13(19)7-9-3-5-17-6-4-9/h1-2,8-9,17H,3-7H2,(H2,16,20)(H,18,19). The normalized spacial score (nSPS) is 15.8. The lowest BCUT2D eigenvalue weighted by Gasteiger charge is -2.21. The number of amides is 2. The average Bonchev–Trinajstić information content (AvgIpc) is 2.39. The summed E-state index contributed by atoms with van der Waals surface area (Å²) in [5, 5.41) is 6.32. The van der Waals surface area contributed by atoms with Crippen molar-refractivity contribution in [3.63, 3.8) is 0 Å². The van der Waals surface area contributed by atoms with Crippen LogP contribution in [-0.4, -0.2) is 24.9 Å². The summed E-state index contributed by atoms with van der Waals surface area (Å²) < 4.78 is 0. The van der Waals surface area contributed by atoms with Crippen LogP contribution in [0.25, 0.3) is 0 Å². The highest BCUT2D eigenvalue weighted by atomic mass is 35.5. The van der Waals surface area contributed by atoms with Crippen molar-refractivity contribution in [2.45, 2.75) is 19.3 Å². The molecule has 4 N–H and O–H groups in total. The van der Waals surface area contributed by atoms with Gasteiger partial charge >= 0.3 is 0 Å². The van der Waals surface area contributed by atoms with Gasteiger partial charge in [-0.1, -0.05) is 11.6 Å². The van der Waals surface area contributed by atoms with Gasteiger partial charge in [0.1, 0.15) is 0 Å². The summed E-state index contributed by atoms with van der Waals surface area (Å²) in [6.45, 7) is 1.94. The summed E-state index contributed by atoms with van der Waals surface area (Å²) in [5.41, 5.74) is 6.01. The number of nitrogens with two attached hydrogens (primary N) is 1. The molecule has 108 valence electrons. The van der Waals surface area contributed by atoms with E-state index in [0.717, 1.165) is 25.9 Å². The minimum atomic E-state index is -0.581. The third-order valence-electron chi connectivity index (χ3n) is 3.45. The molecular formula is C14H18ClN3O2. The van der Waals surface area contributed by atoms with Gasteiger partial charge in [0.25, 0.3) is 0 Å². The van der Waals surface area contributed by atoms with Crippen molar-refractivity contribution >= 4 is 29.1 Å². The second-order valence-electron chi connectivity index (χ2n) is 5.00. The van der Waals surface area contributed by atoms with Crippen LogP contribution in [0, 0.1) is 5.92 Å². The summed E-state index contributed by atoms with van der Waals surface area (Å²) in [7, 11) is 0. The van der Waals surface area contributed by atoms with Gasteiger partial charge in [0.05, 0.1) is 10.6 Å². The SMILES string of the molecule is NC(=O)c1ccc(NC(=O)CC2CCNCC2)cc1Cl. The van der Waals surface area contributed by atoms with E-state index < -0.39 is 5.91 Å². The smallest absolute Gasteiger partial charge is 0.250 e. The van der Waals surface area contributed by atoms with Gasteiger partial charge in [-0.15, -0.1) is 0 Å². The van der Waals surface area contributed by atoms with Gasteiger partial charge in [0, 0.05) is 12.1 Å². The molecule has 0 aromatic heterocycles. The quantitative estimate of drug-likeness (QED) is 0.791. The molecule has 0 atom stereocenters. The van der Waals surface area contributed by atoms with E-state index >= 15 is 0 Å². The van der Waals surface area contributed by atoms with Crippen molar-refractivity contribution in [1.29, 1.82) is 0 Å². The predicted molar refractivity (Wildman–Crippen MR) is 78.8 cm³/mol. The zero-order chi connectivity index (χ0) is 14.5. The minimum Gasteiger partial charge on any atom is -0.366 e. The van der Waals surface area contributed by atoms with Gasteiger partial charge < -0.3 is 16.4 Å². The molecular weight excluding hydrogens is 278 g/mol. The zero-order valence-electron chi connectivity index (χ0n) is 11.1. The highest BCUT2D eigenvalue weighted by Gasteiger charge is 2.17. The molecule has 1 aliphatic rings. The molecule has 1 saturated heterocycles. The van der Waals surface area contributed by atoms with Crippen LogP contribution in [0.3, 0.4) is 0 Å². The lowest BCUT2D eigenvalue weighted by Crippen LogP contribution is -2.30. The van der Waals surface area contributed by atoms with Gasteiger partial charge in [-0.25, -0.2) is 0 Å². The minimum absolute atomic E-state index is 0.0280. The molecule has 1 fully saturated rings. The average molecular weight is 296 g/mol. The van der Waals surface area contributed by atoms with Crippen LogP contribution >= 0.6 is 11.6 Å². The lowest BCUT2D eigenvalue weighted by molar-refractivity contribution is -0.117. The highest BCUT2D eigenvalue weighted by Crippen LogP contribution is 2.22. The van der Waals surface area contributed by atoms with Gasteiger partial charge in [-0.3, -0.25) is 9.59 Å². The number of hydrogen-bond acceptors (Lipinski definition) is 3. The third kappa shape index (κ3) is 3.95. The highest BCUT2D eigenvalue weighted by molar-refractivity contribution is 6.34. The molecule has 0 saturated carbocycles. The number of hydrogen-bond donors (Lipinski definition) is 3. The second kappa shape index (κ2) is 6.72. The van der Waals surface area contributed by atoms with E-state index in [1.165, 1.54) is 6.07 Å². The van der Waals surface area contributed by atoms with Crippen molar-refractivity contribution in [3.8, 4) is 0 Å². The number of piperidine rings is 1. The lowest BCUT2D eigenvalue weighted by atomic mass is 9.94. The van der Waals surface area contributed by atoms with E-state index in [9.17, 15) is 9.59 Å². The maximum absolute atomic E-state index is 11.9. The van der Waals surface area contributed by atoms with E-state index in [-0.39, 0.29) is 16.5 Å². The summed E-state index contributed by atoms with van der Waals surface area (Å²) >= 11 is 5.94. The molecule has 5 nitrogen and oxygen atoms in total. The fraction of sp³-hybridized carbons (Fsp3) is 0.429. The molecule has 2 amide bonds. The van der Waals surface area contributed by atoms with Gasteiger partial charge in [0.2, 0.25) is 11.8 Å². The van der Waals surface area contributed by atoms with E-state index in [0.29, 0.717) is 18.0 Å². The zero-order valence-corrected chi connectivity index (χ0v) is 11.9. The first-order valence-corrected chi connectivity index (χ1v) is 7.04. The molecule has 1 aliphatic heterocycles. The Morgan fingerprint density at radius 3 is 2.65 bits per heavy atom. The number of rotatable bonds is 4. The monoisotopic (exact) mass is 295 g/mol. The molecule has 6 heteroatoms. The van der Waals surface area contributed by atoms with Gasteiger partial charge in [-0.2, -0.15) is 0 Å². The van der Waals surface area contributed by atoms with Crippen molar-refractivity contribution in [2.75, 3.05) is 18.4 Å². The second-order valence-corrected chi connectivity index (χ2v) is 5.41. The summed E-state index contributed by atoms with van der Waals surface area (Å²) in [6, 6.07) is 4.69. The van der Waals surface area contributed by atoms with Crippen LogP contribution < -0.4 is 16.4 Å². The maximum atomic E-state index is 11.9. The van der Waals surface area contributed by atoms with E-state index in [2.05, 4.69) is 10.6 Å². The van der Waals surface area contributed by atoms with Crippen LogP contribution in [0.2, 0.25) is 5.02 Å². The number of nitrogens with one attached hydrogen (secondary N) is 2. The molecule has 2 rings (SSSR count). The Balaban J connectivity index is 1.93. The summed E-state index contributed by atoms with van der Waals surface area (Å²) in [5.74, 6) is -0.181. The summed E-state index contributed by atoms with van der Waals surface area (Å²) in [6.07, 6.45) is 2.56. The van der Waals surface area contributed by atoms with Crippen LogP contribution in [0.5, 0.6) is 0 Å². The first kappa shape index (κ1) is 14.8. The van der Waals surface area contributed by atoms with Crippen molar-refractivity contribution < 1.29 is 9.59 Å². The first-order chi connectivity index (χ1) is 9.56. The Kier molecular flexibility index (Phi) is 4.98. The number of carbonyl (C=O) groups is 2. The number of halogens is 1. The molecule has 0 spiro atoms.